The van der Waals surface area contributed by atoms with Crippen LogP contribution in [-0.4, -0.2) is 41.2 Å². The standard InChI is InChI=1S/C26H29ClN2O3/c1-20(2)17-29(26(31)22-10-12-23(27)13-11-22)19-25(30)28(18-24-9-6-16-32-24)15-14-21-7-4-3-5-8-21/h3-13,16,20H,14-15,17-19H2,1-2H3. The Morgan fingerprint density at radius 2 is 1.66 bits per heavy atom. The minimum atomic E-state index is -0.176. The molecule has 3 rings (SSSR count). The Labute approximate surface area is 194 Å². The van der Waals surface area contributed by atoms with Crippen molar-refractivity contribution < 1.29 is 14.0 Å². The zero-order valence-electron chi connectivity index (χ0n) is 18.5. The van der Waals surface area contributed by atoms with Crippen molar-refractivity contribution in [2.75, 3.05) is 19.6 Å². The van der Waals surface area contributed by atoms with Crippen LogP contribution in [0.2, 0.25) is 5.02 Å². The van der Waals surface area contributed by atoms with Crippen molar-refractivity contribution in [2.24, 2.45) is 5.92 Å². The highest BCUT2D eigenvalue weighted by Crippen LogP contribution is 2.14. The van der Waals surface area contributed by atoms with E-state index in [9.17, 15) is 9.59 Å². The summed E-state index contributed by atoms with van der Waals surface area (Å²) >= 11 is 5.96. The number of rotatable bonds is 10. The average molecular weight is 453 g/mol. The van der Waals surface area contributed by atoms with Gasteiger partial charge in [0.05, 0.1) is 12.8 Å². The van der Waals surface area contributed by atoms with E-state index >= 15 is 0 Å². The maximum atomic E-state index is 13.3. The van der Waals surface area contributed by atoms with Gasteiger partial charge in [-0.05, 0) is 54.3 Å². The topological polar surface area (TPSA) is 53.8 Å². The lowest BCUT2D eigenvalue weighted by Gasteiger charge is -2.28. The van der Waals surface area contributed by atoms with Crippen LogP contribution in [0.25, 0.3) is 0 Å². The zero-order valence-corrected chi connectivity index (χ0v) is 19.3. The summed E-state index contributed by atoms with van der Waals surface area (Å²) in [5, 5.41) is 0.568. The van der Waals surface area contributed by atoms with E-state index in [1.165, 1.54) is 0 Å². The molecule has 0 N–H and O–H groups in total. The Morgan fingerprint density at radius 3 is 2.28 bits per heavy atom. The van der Waals surface area contributed by atoms with Gasteiger partial charge in [0.25, 0.3) is 5.91 Å². The molecule has 0 bridgehead atoms. The number of carbonyl (C=O) groups excluding carboxylic acids is 2. The third-order valence-corrected chi connectivity index (χ3v) is 5.33. The molecule has 32 heavy (non-hydrogen) atoms. The monoisotopic (exact) mass is 452 g/mol. The molecule has 0 unspecified atom stereocenters. The van der Waals surface area contributed by atoms with E-state index in [2.05, 4.69) is 0 Å². The summed E-state index contributed by atoms with van der Waals surface area (Å²) in [7, 11) is 0. The molecule has 2 amide bonds. The van der Waals surface area contributed by atoms with Crippen LogP contribution in [0, 0.1) is 5.92 Å². The number of halogens is 1. The lowest BCUT2D eigenvalue weighted by Crippen LogP contribution is -2.44. The molecule has 0 aliphatic carbocycles. The van der Waals surface area contributed by atoms with E-state index in [0.717, 1.165) is 12.0 Å². The first-order valence-corrected chi connectivity index (χ1v) is 11.2. The van der Waals surface area contributed by atoms with Crippen molar-refractivity contribution in [1.82, 2.24) is 9.80 Å². The molecule has 0 atom stereocenters. The van der Waals surface area contributed by atoms with Crippen molar-refractivity contribution in [3.05, 3.63) is 94.9 Å². The van der Waals surface area contributed by atoms with Gasteiger partial charge in [0, 0.05) is 23.7 Å². The summed E-state index contributed by atoms with van der Waals surface area (Å²) in [5.41, 5.74) is 1.67. The van der Waals surface area contributed by atoms with Crippen LogP contribution >= 0.6 is 11.6 Å². The van der Waals surface area contributed by atoms with E-state index in [1.807, 2.05) is 56.3 Å². The molecule has 0 radical (unpaired) electrons. The third kappa shape index (κ3) is 6.99. The molecule has 0 aliphatic rings. The van der Waals surface area contributed by atoms with E-state index in [-0.39, 0.29) is 24.3 Å². The maximum absolute atomic E-state index is 13.3. The molecule has 1 heterocycles. The summed E-state index contributed by atoms with van der Waals surface area (Å²) in [6.07, 6.45) is 2.33. The summed E-state index contributed by atoms with van der Waals surface area (Å²) in [5.74, 6) is 0.651. The second-order valence-corrected chi connectivity index (χ2v) is 8.65. The second kappa shape index (κ2) is 11.5. The van der Waals surface area contributed by atoms with Gasteiger partial charge < -0.3 is 14.2 Å². The molecule has 0 saturated heterocycles. The number of hydrogen-bond donors (Lipinski definition) is 0. The second-order valence-electron chi connectivity index (χ2n) is 8.22. The molecular weight excluding hydrogens is 424 g/mol. The third-order valence-electron chi connectivity index (χ3n) is 5.08. The maximum Gasteiger partial charge on any atom is 0.254 e. The fourth-order valence-corrected chi connectivity index (χ4v) is 3.62. The SMILES string of the molecule is CC(C)CN(CC(=O)N(CCc1ccccc1)Cc1ccco1)C(=O)c1ccc(Cl)cc1. The average Bonchev–Trinajstić information content (AvgIpc) is 3.30. The highest BCUT2D eigenvalue weighted by molar-refractivity contribution is 6.30. The van der Waals surface area contributed by atoms with Crippen molar-refractivity contribution in [3.8, 4) is 0 Å². The summed E-state index contributed by atoms with van der Waals surface area (Å²) in [6, 6.07) is 20.5. The van der Waals surface area contributed by atoms with Crippen LogP contribution in [-0.2, 0) is 17.8 Å². The Balaban J connectivity index is 1.75. The molecule has 2 aromatic carbocycles. The Morgan fingerprint density at radius 1 is 0.938 bits per heavy atom. The van der Waals surface area contributed by atoms with Crippen LogP contribution in [0.3, 0.4) is 0 Å². The summed E-state index contributed by atoms with van der Waals surface area (Å²) < 4.78 is 5.48. The molecule has 0 fully saturated rings. The van der Waals surface area contributed by atoms with E-state index in [1.54, 1.807) is 40.3 Å². The largest absolute Gasteiger partial charge is 0.467 e. The predicted molar refractivity (Wildman–Crippen MR) is 126 cm³/mol. The molecule has 1 aromatic heterocycles. The molecule has 0 aliphatic heterocycles. The quantitative estimate of drug-likeness (QED) is 0.419. The lowest BCUT2D eigenvalue weighted by molar-refractivity contribution is -0.132. The molecule has 3 aromatic rings. The summed E-state index contributed by atoms with van der Waals surface area (Å²) in [4.78, 5) is 29.9. The Hall–Kier alpha value is -3.05. The van der Waals surface area contributed by atoms with Crippen molar-refractivity contribution in [2.45, 2.75) is 26.8 Å². The first-order chi connectivity index (χ1) is 15.4. The van der Waals surface area contributed by atoms with Gasteiger partial charge in [0.15, 0.2) is 0 Å². The van der Waals surface area contributed by atoms with Gasteiger partial charge in [0.2, 0.25) is 5.91 Å². The minimum Gasteiger partial charge on any atom is -0.467 e. The smallest absolute Gasteiger partial charge is 0.254 e. The normalized spacial score (nSPS) is 10.9. The van der Waals surface area contributed by atoms with E-state index in [0.29, 0.717) is 36.0 Å². The molecule has 0 spiro atoms. The first kappa shape index (κ1) is 23.6. The van der Waals surface area contributed by atoms with Gasteiger partial charge in [-0.15, -0.1) is 0 Å². The van der Waals surface area contributed by atoms with Crippen LogP contribution in [0.1, 0.15) is 35.5 Å². The van der Waals surface area contributed by atoms with Gasteiger partial charge in [-0.25, -0.2) is 0 Å². The van der Waals surface area contributed by atoms with Crippen molar-refractivity contribution in [3.63, 3.8) is 0 Å². The molecule has 5 nitrogen and oxygen atoms in total. The summed E-state index contributed by atoms with van der Waals surface area (Å²) in [6.45, 7) is 5.46. The highest BCUT2D eigenvalue weighted by atomic mass is 35.5. The molecular formula is C26H29ClN2O3. The van der Waals surface area contributed by atoms with Gasteiger partial charge in [-0.2, -0.15) is 0 Å². The van der Waals surface area contributed by atoms with Crippen molar-refractivity contribution >= 4 is 23.4 Å². The highest BCUT2D eigenvalue weighted by Gasteiger charge is 2.23. The molecule has 6 heteroatoms. The Kier molecular flexibility index (Phi) is 8.51. The van der Waals surface area contributed by atoms with Gasteiger partial charge in [-0.3, -0.25) is 9.59 Å². The van der Waals surface area contributed by atoms with Gasteiger partial charge in [-0.1, -0.05) is 55.8 Å². The molecule has 168 valence electrons. The predicted octanol–water partition coefficient (Wildman–Crippen LogP) is 5.30. The number of hydrogen-bond acceptors (Lipinski definition) is 3. The van der Waals surface area contributed by atoms with Crippen LogP contribution in [0.5, 0.6) is 0 Å². The van der Waals surface area contributed by atoms with Crippen LogP contribution < -0.4 is 0 Å². The van der Waals surface area contributed by atoms with E-state index in [4.69, 9.17) is 16.0 Å². The zero-order chi connectivity index (χ0) is 22.9. The molecule has 0 saturated carbocycles. The first-order valence-electron chi connectivity index (χ1n) is 10.8. The minimum absolute atomic E-state index is 0.00907. The van der Waals surface area contributed by atoms with Crippen LogP contribution in [0.4, 0.5) is 0 Å². The van der Waals surface area contributed by atoms with E-state index < -0.39 is 0 Å². The van der Waals surface area contributed by atoms with Gasteiger partial charge >= 0.3 is 0 Å². The fourth-order valence-electron chi connectivity index (χ4n) is 3.49. The van der Waals surface area contributed by atoms with Gasteiger partial charge in [0.1, 0.15) is 12.3 Å². The number of carbonyl (C=O) groups is 2. The number of nitrogens with zero attached hydrogens (tertiary/aromatic N) is 2. The Bertz CT molecular complexity index is 986. The fraction of sp³-hybridized carbons (Fsp3) is 0.308. The van der Waals surface area contributed by atoms with Crippen molar-refractivity contribution in [1.29, 1.82) is 0 Å². The number of amides is 2. The number of furan rings is 1. The number of benzene rings is 2. The van der Waals surface area contributed by atoms with Crippen LogP contribution in [0.15, 0.2) is 77.4 Å². The lowest BCUT2D eigenvalue weighted by atomic mass is 10.1.